The number of rotatable bonds is 6. The maximum absolute atomic E-state index is 5.96. The molecule has 1 fully saturated rings. The average molecular weight is 338 g/mol. The third-order valence-electron chi connectivity index (χ3n) is 2.70. The minimum absolute atomic E-state index is 0.0558. The highest BCUT2D eigenvalue weighted by Crippen LogP contribution is 2.18. The predicted molar refractivity (Wildman–Crippen MR) is 76.0 cm³/mol. The molecule has 1 heterocycles. The summed E-state index contributed by atoms with van der Waals surface area (Å²) >= 11 is 2.40. The smallest absolute Gasteiger partial charge is 0.157 e. The van der Waals surface area contributed by atoms with E-state index in [4.69, 9.17) is 9.47 Å². The Bertz CT molecular complexity index is 206. The molecular weight excluding hydrogens is 315 g/mol. The molecule has 1 aliphatic heterocycles. The maximum atomic E-state index is 5.96. The molecule has 94 valence electrons. The third kappa shape index (κ3) is 6.21. The van der Waals surface area contributed by atoms with Crippen molar-refractivity contribution in [1.82, 2.24) is 0 Å². The lowest BCUT2D eigenvalue weighted by Gasteiger charge is -2.26. The Morgan fingerprint density at radius 2 is 2.31 bits per heavy atom. The van der Waals surface area contributed by atoms with Gasteiger partial charge in [0.25, 0.3) is 0 Å². The van der Waals surface area contributed by atoms with Gasteiger partial charge in [0.1, 0.15) is 0 Å². The highest BCUT2D eigenvalue weighted by atomic mass is 127. The van der Waals surface area contributed by atoms with E-state index in [0.717, 1.165) is 30.3 Å². The molecule has 0 aromatic heterocycles. The summed E-state index contributed by atoms with van der Waals surface area (Å²) in [6, 6.07) is 0. The van der Waals surface area contributed by atoms with Crippen molar-refractivity contribution in [3.8, 4) is 0 Å². The summed E-state index contributed by atoms with van der Waals surface area (Å²) in [6.45, 7) is 5.15. The van der Waals surface area contributed by atoms with Gasteiger partial charge in [-0.2, -0.15) is 0 Å². The first-order valence-electron chi connectivity index (χ1n) is 6.18. The zero-order valence-corrected chi connectivity index (χ0v) is 12.5. The van der Waals surface area contributed by atoms with Crippen LogP contribution in [0.15, 0.2) is 11.6 Å². The molecule has 2 atom stereocenters. The van der Waals surface area contributed by atoms with Crippen LogP contribution in [-0.4, -0.2) is 23.4 Å². The minimum atomic E-state index is 0.0558. The van der Waals surface area contributed by atoms with Gasteiger partial charge in [0.2, 0.25) is 0 Å². The number of hydrogen-bond donors (Lipinski definition) is 0. The molecule has 0 aromatic rings. The van der Waals surface area contributed by atoms with E-state index in [1.54, 1.807) is 0 Å². The number of ether oxygens (including phenoxy) is 2. The van der Waals surface area contributed by atoms with Crippen molar-refractivity contribution >= 4 is 22.6 Å². The van der Waals surface area contributed by atoms with Crippen LogP contribution in [0, 0.1) is 0 Å². The van der Waals surface area contributed by atoms with Crippen LogP contribution in [0.2, 0.25) is 0 Å². The van der Waals surface area contributed by atoms with Gasteiger partial charge in [-0.25, -0.2) is 0 Å². The molecule has 0 spiro atoms. The molecule has 0 bridgehead atoms. The summed E-state index contributed by atoms with van der Waals surface area (Å²) in [5, 5.41) is 0. The van der Waals surface area contributed by atoms with Gasteiger partial charge in [-0.1, -0.05) is 34.2 Å². The monoisotopic (exact) mass is 338 g/mol. The molecule has 2 unspecified atom stereocenters. The second kappa shape index (κ2) is 8.48. The zero-order valence-electron chi connectivity index (χ0n) is 10.4. The Hall–Kier alpha value is 0.390. The van der Waals surface area contributed by atoms with Crippen molar-refractivity contribution in [2.45, 2.75) is 58.3 Å². The van der Waals surface area contributed by atoms with Gasteiger partial charge >= 0.3 is 0 Å². The van der Waals surface area contributed by atoms with Crippen molar-refractivity contribution in [1.29, 1.82) is 0 Å². The third-order valence-corrected chi connectivity index (χ3v) is 3.68. The largest absolute Gasteiger partial charge is 0.353 e. The number of alkyl halides is 1. The predicted octanol–water partition coefficient (Wildman–Crippen LogP) is 4.08. The van der Waals surface area contributed by atoms with Crippen LogP contribution in [0.3, 0.4) is 0 Å². The van der Waals surface area contributed by atoms with Gasteiger partial charge in [-0.05, 0) is 46.0 Å². The van der Waals surface area contributed by atoms with E-state index in [-0.39, 0.29) is 6.29 Å². The Morgan fingerprint density at radius 1 is 1.50 bits per heavy atom. The summed E-state index contributed by atoms with van der Waals surface area (Å²) in [4.78, 5) is 0. The Kier molecular flexibility index (Phi) is 7.66. The van der Waals surface area contributed by atoms with Crippen LogP contribution in [0.25, 0.3) is 0 Å². The van der Waals surface area contributed by atoms with Gasteiger partial charge < -0.3 is 9.47 Å². The normalized spacial score (nSPS) is 22.8. The highest BCUT2D eigenvalue weighted by Gasteiger charge is 2.18. The van der Waals surface area contributed by atoms with Crippen LogP contribution in [-0.2, 0) is 9.47 Å². The molecule has 3 heteroatoms. The van der Waals surface area contributed by atoms with Crippen molar-refractivity contribution in [3.63, 3.8) is 0 Å². The number of halogens is 1. The fourth-order valence-electron chi connectivity index (χ4n) is 1.77. The molecule has 0 radical (unpaired) electrons. The van der Waals surface area contributed by atoms with Crippen LogP contribution >= 0.6 is 22.6 Å². The minimum Gasteiger partial charge on any atom is -0.353 e. The molecule has 2 nitrogen and oxygen atoms in total. The van der Waals surface area contributed by atoms with Crippen LogP contribution in [0.5, 0.6) is 0 Å². The Morgan fingerprint density at radius 3 is 2.88 bits per heavy atom. The Balaban J connectivity index is 2.22. The Labute approximate surface area is 113 Å². The second-order valence-corrected chi connectivity index (χ2v) is 5.45. The van der Waals surface area contributed by atoms with E-state index in [2.05, 4.69) is 42.5 Å². The van der Waals surface area contributed by atoms with E-state index in [1.807, 2.05) is 0 Å². The van der Waals surface area contributed by atoms with Crippen LogP contribution in [0.4, 0.5) is 0 Å². The van der Waals surface area contributed by atoms with Gasteiger partial charge in [0.05, 0.1) is 6.10 Å². The molecular formula is C13H23IO2. The van der Waals surface area contributed by atoms with Crippen molar-refractivity contribution in [2.75, 3.05) is 11.0 Å². The first kappa shape index (κ1) is 14.5. The van der Waals surface area contributed by atoms with E-state index < -0.39 is 0 Å². The molecule has 0 saturated carbocycles. The van der Waals surface area contributed by atoms with Crippen LogP contribution in [0.1, 0.15) is 46.0 Å². The fourth-order valence-corrected chi connectivity index (χ4v) is 2.42. The zero-order chi connectivity index (χ0) is 11.8. The summed E-state index contributed by atoms with van der Waals surface area (Å²) in [6.07, 6.45) is 8.40. The van der Waals surface area contributed by atoms with Gasteiger partial charge in [0, 0.05) is 11.0 Å². The molecule has 0 aromatic carbocycles. The van der Waals surface area contributed by atoms with Gasteiger partial charge in [0.15, 0.2) is 6.29 Å². The van der Waals surface area contributed by atoms with E-state index in [9.17, 15) is 0 Å². The second-order valence-electron chi connectivity index (χ2n) is 4.57. The summed E-state index contributed by atoms with van der Waals surface area (Å²) < 4.78 is 12.6. The van der Waals surface area contributed by atoms with Gasteiger partial charge in [-0.15, -0.1) is 0 Å². The molecule has 1 saturated heterocycles. The molecule has 1 rings (SSSR count). The fraction of sp³-hybridized carbons (Fsp3) is 0.846. The number of hydrogen-bond acceptors (Lipinski definition) is 2. The van der Waals surface area contributed by atoms with E-state index >= 15 is 0 Å². The standard InChI is InChI=1S/C13H23IO2/c1-11(2)6-5-7-12(10-14)16-13-8-3-4-9-15-13/h6,12-13H,3-5,7-10H2,1-2H3. The van der Waals surface area contributed by atoms with E-state index in [0.29, 0.717) is 6.10 Å². The van der Waals surface area contributed by atoms with Crippen molar-refractivity contribution in [2.24, 2.45) is 0 Å². The molecule has 1 aliphatic rings. The van der Waals surface area contributed by atoms with E-state index in [1.165, 1.54) is 18.4 Å². The lowest BCUT2D eigenvalue weighted by molar-refractivity contribution is -0.183. The molecule has 0 amide bonds. The number of allylic oxidation sites excluding steroid dienone is 2. The lowest BCUT2D eigenvalue weighted by Crippen LogP contribution is -2.28. The van der Waals surface area contributed by atoms with Gasteiger partial charge in [-0.3, -0.25) is 0 Å². The first-order chi connectivity index (χ1) is 7.72. The molecule has 0 aliphatic carbocycles. The highest BCUT2D eigenvalue weighted by molar-refractivity contribution is 14.1. The quantitative estimate of drug-likeness (QED) is 0.413. The lowest BCUT2D eigenvalue weighted by atomic mass is 10.1. The summed E-state index contributed by atoms with van der Waals surface area (Å²) in [5.74, 6) is 0. The van der Waals surface area contributed by atoms with Crippen molar-refractivity contribution in [3.05, 3.63) is 11.6 Å². The van der Waals surface area contributed by atoms with Crippen molar-refractivity contribution < 1.29 is 9.47 Å². The molecule has 16 heavy (non-hydrogen) atoms. The summed E-state index contributed by atoms with van der Waals surface area (Å²) in [7, 11) is 0. The molecule has 0 N–H and O–H groups in total. The summed E-state index contributed by atoms with van der Waals surface area (Å²) in [5.41, 5.74) is 1.39. The SMILES string of the molecule is CC(C)=CCCC(CI)OC1CCCCO1. The topological polar surface area (TPSA) is 18.5 Å². The van der Waals surface area contributed by atoms with Crippen LogP contribution < -0.4 is 0 Å². The maximum Gasteiger partial charge on any atom is 0.157 e. The first-order valence-corrected chi connectivity index (χ1v) is 7.71. The average Bonchev–Trinajstić information content (AvgIpc) is 2.28.